The quantitative estimate of drug-likeness (QED) is 0.456. The SMILES string of the molecule is Cc1sc(C(=O)N[C@H](C=N)Cc2ccccc2C(F)(F)F)cc1-c1c(Br)cnn1C. The summed E-state index contributed by atoms with van der Waals surface area (Å²) < 4.78 is 42.2. The van der Waals surface area contributed by atoms with Gasteiger partial charge in [-0.2, -0.15) is 18.3 Å². The second kappa shape index (κ2) is 8.73. The Labute approximate surface area is 183 Å². The molecule has 1 amide bonds. The van der Waals surface area contributed by atoms with E-state index in [4.69, 9.17) is 5.41 Å². The van der Waals surface area contributed by atoms with Crippen LogP contribution in [0.4, 0.5) is 13.2 Å². The van der Waals surface area contributed by atoms with Gasteiger partial charge in [0.15, 0.2) is 0 Å². The van der Waals surface area contributed by atoms with Gasteiger partial charge in [0.1, 0.15) is 0 Å². The number of nitrogens with zero attached hydrogens (tertiary/aromatic N) is 2. The summed E-state index contributed by atoms with van der Waals surface area (Å²) in [5, 5.41) is 14.4. The van der Waals surface area contributed by atoms with E-state index in [9.17, 15) is 18.0 Å². The monoisotopic (exact) mass is 498 g/mol. The van der Waals surface area contributed by atoms with Crippen molar-refractivity contribution in [3.63, 3.8) is 0 Å². The van der Waals surface area contributed by atoms with Crippen LogP contribution in [0.15, 0.2) is 41.0 Å². The van der Waals surface area contributed by atoms with Gasteiger partial charge in [0.25, 0.3) is 5.91 Å². The molecule has 3 aromatic rings. The lowest BCUT2D eigenvalue weighted by Gasteiger charge is -2.17. The molecule has 10 heteroatoms. The molecule has 0 bridgehead atoms. The Morgan fingerprint density at radius 2 is 2.10 bits per heavy atom. The molecule has 0 aliphatic carbocycles. The molecule has 0 saturated heterocycles. The molecule has 0 aliphatic heterocycles. The van der Waals surface area contributed by atoms with Gasteiger partial charge < -0.3 is 10.7 Å². The van der Waals surface area contributed by atoms with Crippen LogP contribution in [0.5, 0.6) is 0 Å². The summed E-state index contributed by atoms with van der Waals surface area (Å²) in [6, 6.07) is 6.04. The minimum atomic E-state index is -4.50. The molecule has 0 aliphatic rings. The number of hydrogen-bond acceptors (Lipinski definition) is 4. The summed E-state index contributed by atoms with van der Waals surface area (Å²) >= 11 is 4.72. The molecule has 0 unspecified atom stereocenters. The van der Waals surface area contributed by atoms with E-state index in [1.807, 2.05) is 6.92 Å². The number of amides is 1. The van der Waals surface area contributed by atoms with Gasteiger partial charge in [-0.1, -0.05) is 18.2 Å². The predicted molar refractivity (Wildman–Crippen MR) is 114 cm³/mol. The molecule has 2 aromatic heterocycles. The zero-order valence-electron chi connectivity index (χ0n) is 16.0. The number of aromatic nitrogens is 2. The first kappa shape index (κ1) is 22.2. The molecule has 1 aromatic carbocycles. The Bertz CT molecular complexity index is 1070. The lowest BCUT2D eigenvalue weighted by molar-refractivity contribution is -0.138. The molecule has 30 heavy (non-hydrogen) atoms. The van der Waals surface area contributed by atoms with Crippen molar-refractivity contribution in [2.75, 3.05) is 0 Å². The molecular weight excluding hydrogens is 481 g/mol. The van der Waals surface area contributed by atoms with Crippen LogP contribution in [0.25, 0.3) is 11.3 Å². The summed E-state index contributed by atoms with van der Waals surface area (Å²) in [5.74, 6) is -0.439. The maximum absolute atomic E-state index is 13.2. The second-order valence-electron chi connectivity index (χ2n) is 6.65. The van der Waals surface area contributed by atoms with Crippen molar-refractivity contribution in [3.05, 3.63) is 61.9 Å². The van der Waals surface area contributed by atoms with Crippen molar-refractivity contribution in [1.29, 1.82) is 5.41 Å². The summed E-state index contributed by atoms with van der Waals surface area (Å²) in [6.07, 6.45) is -2.02. The van der Waals surface area contributed by atoms with Crippen LogP contribution >= 0.6 is 27.3 Å². The smallest absolute Gasteiger partial charge is 0.343 e. The summed E-state index contributed by atoms with van der Waals surface area (Å²) in [4.78, 5) is 14.0. The number of carbonyl (C=O) groups excluding carboxylic acids is 1. The standard InChI is InChI=1S/C20H18BrF3N4OS/c1-11-14(18-16(21)10-26-28(18)2)8-17(30-11)19(29)27-13(9-25)7-12-5-3-4-6-15(12)20(22,23)24/h3-6,8-10,13,25H,7H2,1-2H3,(H,27,29)/t13-/m0/s1. The number of aryl methyl sites for hydroxylation is 2. The van der Waals surface area contributed by atoms with Crippen LogP contribution in [-0.4, -0.2) is 27.9 Å². The minimum absolute atomic E-state index is 0.0284. The number of alkyl halides is 3. The maximum atomic E-state index is 13.2. The fraction of sp³-hybridized carbons (Fsp3) is 0.250. The molecule has 3 rings (SSSR count). The van der Waals surface area contributed by atoms with Gasteiger partial charge in [-0.15, -0.1) is 11.3 Å². The van der Waals surface area contributed by atoms with Crippen LogP contribution < -0.4 is 5.32 Å². The first-order valence-electron chi connectivity index (χ1n) is 8.86. The van der Waals surface area contributed by atoms with Gasteiger partial charge >= 0.3 is 6.18 Å². The normalized spacial score (nSPS) is 12.6. The number of thiophene rings is 1. The Morgan fingerprint density at radius 1 is 1.40 bits per heavy atom. The number of hydrogen-bond donors (Lipinski definition) is 2. The molecule has 1 atom stereocenters. The van der Waals surface area contributed by atoms with E-state index in [1.165, 1.54) is 29.5 Å². The molecule has 0 spiro atoms. The van der Waals surface area contributed by atoms with Crippen LogP contribution in [0, 0.1) is 12.3 Å². The highest BCUT2D eigenvalue weighted by atomic mass is 79.9. The van der Waals surface area contributed by atoms with E-state index in [-0.39, 0.29) is 12.0 Å². The van der Waals surface area contributed by atoms with Crippen molar-refractivity contribution in [2.24, 2.45) is 7.05 Å². The van der Waals surface area contributed by atoms with E-state index in [2.05, 4.69) is 26.3 Å². The average molecular weight is 499 g/mol. The van der Waals surface area contributed by atoms with E-state index in [0.29, 0.717) is 4.88 Å². The highest BCUT2D eigenvalue weighted by Gasteiger charge is 2.33. The predicted octanol–water partition coefficient (Wildman–Crippen LogP) is 5.23. The van der Waals surface area contributed by atoms with Gasteiger partial charge in [-0.05, 0) is 47.0 Å². The van der Waals surface area contributed by atoms with Crippen LogP contribution in [0.3, 0.4) is 0 Å². The lowest BCUT2D eigenvalue weighted by Crippen LogP contribution is -2.37. The van der Waals surface area contributed by atoms with Gasteiger partial charge in [0.05, 0.1) is 32.8 Å². The fourth-order valence-corrected chi connectivity index (χ4v) is 4.63. The zero-order chi connectivity index (χ0) is 22.1. The molecule has 158 valence electrons. The number of carbonyl (C=O) groups is 1. The number of halogens is 4. The van der Waals surface area contributed by atoms with Crippen molar-refractivity contribution >= 4 is 39.4 Å². The van der Waals surface area contributed by atoms with Gasteiger partial charge in [-0.25, -0.2) is 0 Å². The maximum Gasteiger partial charge on any atom is 0.416 e. The Balaban J connectivity index is 1.81. The van der Waals surface area contributed by atoms with Crippen LogP contribution in [-0.2, 0) is 19.6 Å². The first-order chi connectivity index (χ1) is 14.1. The lowest BCUT2D eigenvalue weighted by atomic mass is 10.00. The minimum Gasteiger partial charge on any atom is -0.343 e. The van der Waals surface area contributed by atoms with Gasteiger partial charge in [-0.3, -0.25) is 9.48 Å². The second-order valence-corrected chi connectivity index (χ2v) is 8.76. The molecule has 2 N–H and O–H groups in total. The number of benzene rings is 1. The van der Waals surface area contributed by atoms with Gasteiger partial charge in [0.2, 0.25) is 0 Å². The third-order valence-electron chi connectivity index (χ3n) is 4.57. The van der Waals surface area contributed by atoms with Crippen molar-refractivity contribution < 1.29 is 18.0 Å². The molecular formula is C20H18BrF3N4OS. The third-order valence-corrected chi connectivity index (χ3v) is 6.20. The van der Waals surface area contributed by atoms with Crippen molar-refractivity contribution in [2.45, 2.75) is 25.6 Å². The van der Waals surface area contributed by atoms with E-state index in [1.54, 1.807) is 24.0 Å². The first-order valence-corrected chi connectivity index (χ1v) is 10.5. The van der Waals surface area contributed by atoms with E-state index >= 15 is 0 Å². The Morgan fingerprint density at radius 3 is 2.70 bits per heavy atom. The van der Waals surface area contributed by atoms with Gasteiger partial charge in [0, 0.05) is 23.7 Å². The Kier molecular flexibility index (Phi) is 6.47. The molecule has 0 saturated carbocycles. The van der Waals surface area contributed by atoms with Crippen LogP contribution in [0.1, 0.15) is 25.7 Å². The largest absolute Gasteiger partial charge is 0.416 e. The van der Waals surface area contributed by atoms with E-state index in [0.717, 1.165) is 32.9 Å². The number of nitrogens with one attached hydrogen (secondary N) is 2. The summed E-state index contributed by atoms with van der Waals surface area (Å²) in [7, 11) is 1.79. The zero-order valence-corrected chi connectivity index (χ0v) is 18.5. The molecule has 0 fully saturated rings. The molecule has 0 radical (unpaired) electrons. The summed E-state index contributed by atoms with van der Waals surface area (Å²) in [5.41, 5.74) is 0.929. The van der Waals surface area contributed by atoms with Crippen molar-refractivity contribution in [3.8, 4) is 11.3 Å². The fourth-order valence-electron chi connectivity index (χ4n) is 3.15. The summed E-state index contributed by atoms with van der Waals surface area (Å²) in [6.45, 7) is 1.88. The van der Waals surface area contributed by atoms with E-state index < -0.39 is 23.7 Å². The topological polar surface area (TPSA) is 70.8 Å². The molecule has 5 nitrogen and oxygen atoms in total. The number of rotatable bonds is 6. The third kappa shape index (κ3) is 4.65. The molecule has 2 heterocycles. The Hall–Kier alpha value is -2.46. The van der Waals surface area contributed by atoms with Crippen LogP contribution in [0.2, 0.25) is 0 Å². The average Bonchev–Trinajstić information content (AvgIpc) is 3.22. The highest BCUT2D eigenvalue weighted by Crippen LogP contribution is 2.35. The van der Waals surface area contributed by atoms with Crippen molar-refractivity contribution in [1.82, 2.24) is 15.1 Å². The highest BCUT2D eigenvalue weighted by molar-refractivity contribution is 9.10.